The van der Waals surface area contributed by atoms with Crippen molar-refractivity contribution in [3.05, 3.63) is 64.7 Å². The number of nitrogens with one attached hydrogen (secondary N) is 1. The molecule has 0 aliphatic heterocycles. The summed E-state index contributed by atoms with van der Waals surface area (Å²) in [6.07, 6.45) is 3.47. The van der Waals surface area contributed by atoms with Gasteiger partial charge < -0.3 is 15.2 Å². The molecule has 2 N–H and O–H groups in total. The average Bonchev–Trinajstić information content (AvgIpc) is 2.59. The van der Waals surface area contributed by atoms with Crippen LogP contribution in [0.15, 0.2) is 42.5 Å². The van der Waals surface area contributed by atoms with E-state index >= 15 is 0 Å². The molecule has 0 saturated carbocycles. The van der Waals surface area contributed by atoms with Crippen molar-refractivity contribution in [2.45, 2.75) is 38.5 Å². The van der Waals surface area contributed by atoms with Crippen LogP contribution in [0.4, 0.5) is 0 Å². The van der Waals surface area contributed by atoms with E-state index in [1.165, 1.54) is 23.1 Å². The molecule has 1 aliphatic carbocycles. The van der Waals surface area contributed by atoms with E-state index in [-0.39, 0.29) is 6.61 Å². The molecule has 0 aromatic heterocycles. The smallest absolute Gasteiger partial charge is 0.119 e. The summed E-state index contributed by atoms with van der Waals surface area (Å²) < 4.78 is 5.33. The molecule has 2 aromatic rings. The van der Waals surface area contributed by atoms with E-state index in [1.54, 1.807) is 7.11 Å². The van der Waals surface area contributed by atoms with Gasteiger partial charge in [0, 0.05) is 12.6 Å². The lowest BCUT2D eigenvalue weighted by molar-refractivity contribution is 0.280. The van der Waals surface area contributed by atoms with Gasteiger partial charge in [-0.15, -0.1) is 0 Å². The summed E-state index contributed by atoms with van der Waals surface area (Å²) in [5.41, 5.74) is 4.94. The van der Waals surface area contributed by atoms with Crippen molar-refractivity contribution in [3.8, 4) is 5.75 Å². The molecule has 0 saturated heterocycles. The van der Waals surface area contributed by atoms with Crippen LogP contribution in [-0.4, -0.2) is 12.2 Å². The molecule has 0 amide bonds. The number of fused-ring (bicyclic) bond motifs is 1. The first-order valence-corrected chi connectivity index (χ1v) is 7.89. The highest BCUT2D eigenvalue weighted by atomic mass is 16.5. The second-order valence-electron chi connectivity index (χ2n) is 5.82. The number of hydrogen-bond donors (Lipinski definition) is 2. The number of hydrogen-bond acceptors (Lipinski definition) is 3. The summed E-state index contributed by atoms with van der Waals surface area (Å²) >= 11 is 0. The van der Waals surface area contributed by atoms with Crippen LogP contribution in [0.5, 0.6) is 5.75 Å². The minimum Gasteiger partial charge on any atom is -0.497 e. The standard InChI is InChI=1S/C19H23NO2/c1-22-17-9-10-18-14(11-17)7-4-8-19(18)20-12-15-5-2-3-6-16(15)13-21/h2-3,5-6,9-11,19-21H,4,7-8,12-13H2,1H3. The highest BCUT2D eigenvalue weighted by Crippen LogP contribution is 2.32. The van der Waals surface area contributed by atoms with Gasteiger partial charge in [0.1, 0.15) is 5.75 Å². The fraction of sp³-hybridized carbons (Fsp3) is 0.368. The Morgan fingerprint density at radius 2 is 2.00 bits per heavy atom. The van der Waals surface area contributed by atoms with E-state index in [0.29, 0.717) is 6.04 Å². The molecule has 1 atom stereocenters. The highest BCUT2D eigenvalue weighted by molar-refractivity contribution is 5.39. The fourth-order valence-corrected chi connectivity index (χ4v) is 3.25. The summed E-state index contributed by atoms with van der Waals surface area (Å²) in [6.45, 7) is 0.878. The van der Waals surface area contributed by atoms with Crippen LogP contribution in [-0.2, 0) is 19.6 Å². The van der Waals surface area contributed by atoms with Crippen molar-refractivity contribution in [1.82, 2.24) is 5.32 Å². The second-order valence-corrected chi connectivity index (χ2v) is 5.82. The van der Waals surface area contributed by atoms with Gasteiger partial charge in [-0.25, -0.2) is 0 Å². The lowest BCUT2D eigenvalue weighted by Crippen LogP contribution is -2.25. The van der Waals surface area contributed by atoms with Gasteiger partial charge in [-0.3, -0.25) is 0 Å². The first-order valence-electron chi connectivity index (χ1n) is 7.89. The molecule has 2 aromatic carbocycles. The molecule has 3 rings (SSSR count). The maximum Gasteiger partial charge on any atom is 0.119 e. The van der Waals surface area contributed by atoms with Gasteiger partial charge in [0.25, 0.3) is 0 Å². The van der Waals surface area contributed by atoms with Crippen LogP contribution in [0.1, 0.15) is 41.1 Å². The van der Waals surface area contributed by atoms with E-state index < -0.39 is 0 Å². The Kier molecular flexibility index (Phi) is 4.76. The molecule has 116 valence electrons. The lowest BCUT2D eigenvalue weighted by Gasteiger charge is -2.27. The maximum atomic E-state index is 9.43. The summed E-state index contributed by atoms with van der Waals surface area (Å²) in [5.74, 6) is 0.935. The van der Waals surface area contributed by atoms with Crippen LogP contribution in [0, 0.1) is 0 Å². The molecule has 0 bridgehead atoms. The Balaban J connectivity index is 1.75. The van der Waals surface area contributed by atoms with Gasteiger partial charge in [-0.2, -0.15) is 0 Å². The Hall–Kier alpha value is -1.84. The first-order chi connectivity index (χ1) is 10.8. The predicted molar refractivity (Wildman–Crippen MR) is 87.9 cm³/mol. The van der Waals surface area contributed by atoms with Gasteiger partial charge in [0.05, 0.1) is 13.7 Å². The van der Waals surface area contributed by atoms with Crippen LogP contribution in [0.25, 0.3) is 0 Å². The van der Waals surface area contributed by atoms with E-state index in [0.717, 1.165) is 30.7 Å². The van der Waals surface area contributed by atoms with Gasteiger partial charge in [-0.1, -0.05) is 30.3 Å². The molecular weight excluding hydrogens is 274 g/mol. The molecule has 3 heteroatoms. The van der Waals surface area contributed by atoms with Gasteiger partial charge in [-0.05, 0) is 53.6 Å². The largest absolute Gasteiger partial charge is 0.497 e. The second kappa shape index (κ2) is 6.95. The minimum atomic E-state index is 0.0936. The number of benzene rings is 2. The van der Waals surface area contributed by atoms with Gasteiger partial charge >= 0.3 is 0 Å². The van der Waals surface area contributed by atoms with Crippen LogP contribution >= 0.6 is 0 Å². The number of rotatable bonds is 5. The topological polar surface area (TPSA) is 41.5 Å². The third kappa shape index (κ3) is 3.16. The monoisotopic (exact) mass is 297 g/mol. The average molecular weight is 297 g/mol. The molecule has 0 radical (unpaired) electrons. The Morgan fingerprint density at radius 3 is 2.77 bits per heavy atom. The Labute approximate surface area is 131 Å². The van der Waals surface area contributed by atoms with Crippen molar-refractivity contribution in [1.29, 1.82) is 0 Å². The molecule has 1 aliphatic rings. The molecule has 0 spiro atoms. The number of ether oxygens (including phenoxy) is 1. The molecule has 0 fully saturated rings. The first kappa shape index (κ1) is 15.1. The lowest BCUT2D eigenvalue weighted by atomic mass is 9.87. The molecule has 1 unspecified atom stereocenters. The van der Waals surface area contributed by atoms with Crippen LogP contribution in [0.2, 0.25) is 0 Å². The Bertz CT molecular complexity index is 639. The van der Waals surface area contributed by atoms with Crippen molar-refractivity contribution < 1.29 is 9.84 Å². The number of aryl methyl sites for hydroxylation is 1. The highest BCUT2D eigenvalue weighted by Gasteiger charge is 2.20. The zero-order chi connectivity index (χ0) is 15.4. The zero-order valence-corrected chi connectivity index (χ0v) is 13.0. The van der Waals surface area contributed by atoms with E-state index in [2.05, 4.69) is 23.5 Å². The number of aliphatic hydroxyl groups excluding tert-OH is 1. The normalized spacial score (nSPS) is 17.1. The SMILES string of the molecule is COc1ccc2c(c1)CCCC2NCc1ccccc1CO. The third-order valence-corrected chi connectivity index (χ3v) is 4.49. The van der Waals surface area contributed by atoms with Gasteiger partial charge in [0.2, 0.25) is 0 Å². The van der Waals surface area contributed by atoms with E-state index in [4.69, 9.17) is 4.74 Å². The molecule has 22 heavy (non-hydrogen) atoms. The number of aliphatic hydroxyl groups is 1. The van der Waals surface area contributed by atoms with Crippen LogP contribution < -0.4 is 10.1 Å². The summed E-state index contributed by atoms with van der Waals surface area (Å²) in [7, 11) is 1.71. The zero-order valence-electron chi connectivity index (χ0n) is 13.0. The van der Waals surface area contributed by atoms with Crippen molar-refractivity contribution >= 4 is 0 Å². The summed E-state index contributed by atoms with van der Waals surface area (Å²) in [5, 5.41) is 13.1. The van der Waals surface area contributed by atoms with E-state index in [9.17, 15) is 5.11 Å². The third-order valence-electron chi connectivity index (χ3n) is 4.49. The fourth-order valence-electron chi connectivity index (χ4n) is 3.25. The van der Waals surface area contributed by atoms with Crippen molar-refractivity contribution in [2.24, 2.45) is 0 Å². The number of methoxy groups -OCH3 is 1. The maximum absolute atomic E-state index is 9.43. The van der Waals surface area contributed by atoms with E-state index in [1.807, 2.05) is 24.3 Å². The predicted octanol–water partition coefficient (Wildman–Crippen LogP) is 3.35. The van der Waals surface area contributed by atoms with Crippen molar-refractivity contribution in [3.63, 3.8) is 0 Å². The molecule has 3 nitrogen and oxygen atoms in total. The minimum absolute atomic E-state index is 0.0936. The molecular formula is C19H23NO2. The summed E-state index contributed by atoms with van der Waals surface area (Å²) in [6, 6.07) is 14.8. The Morgan fingerprint density at radius 1 is 1.18 bits per heavy atom. The van der Waals surface area contributed by atoms with Crippen molar-refractivity contribution in [2.75, 3.05) is 7.11 Å². The van der Waals surface area contributed by atoms with Crippen LogP contribution in [0.3, 0.4) is 0 Å². The van der Waals surface area contributed by atoms with Gasteiger partial charge in [0.15, 0.2) is 0 Å². The molecule has 0 heterocycles. The quantitative estimate of drug-likeness (QED) is 0.889. The summed E-state index contributed by atoms with van der Waals surface area (Å²) in [4.78, 5) is 0.